The molecule has 0 aliphatic carbocycles. The van der Waals surface area contributed by atoms with E-state index in [9.17, 15) is 0 Å². The molecule has 0 aromatic heterocycles. The van der Waals surface area contributed by atoms with Gasteiger partial charge in [0.15, 0.2) is 0 Å². The number of unbranched alkanes of at least 4 members (excludes halogenated alkanes) is 42. The Morgan fingerprint density at radius 1 is 0.154 bits per heavy atom. The van der Waals surface area contributed by atoms with Crippen LogP contribution in [0.25, 0.3) is 0 Å². The summed E-state index contributed by atoms with van der Waals surface area (Å²) in [5.41, 5.74) is 0. The molecule has 0 aromatic rings. The third-order valence-corrected chi connectivity index (χ3v) is 15.1. The Hall–Kier alpha value is 0.430. The second-order valence-corrected chi connectivity index (χ2v) is 20.4. The molecule has 314 valence electrons. The molecule has 0 aliphatic heterocycles. The fourth-order valence-corrected chi connectivity index (χ4v) is 11.1. The lowest BCUT2D eigenvalue weighted by molar-refractivity contribution is 0.533. The van der Waals surface area contributed by atoms with E-state index in [0.717, 1.165) is 0 Å². The molecule has 0 saturated heterocycles. The lowest BCUT2D eigenvalue weighted by Crippen LogP contribution is -1.97. The van der Waals surface area contributed by atoms with Gasteiger partial charge in [-0.2, -0.15) is 0 Å². The molecular formula is C51H105P. The maximum Gasteiger partial charge on any atom is -0.0326 e. The molecule has 0 unspecified atom stereocenters. The largest absolute Gasteiger partial charge is 0.107 e. The van der Waals surface area contributed by atoms with Crippen LogP contribution < -0.4 is 0 Å². The zero-order chi connectivity index (χ0) is 37.5. The molecule has 0 aliphatic rings. The zero-order valence-corrected chi connectivity index (χ0v) is 38.3. The molecule has 1 heteroatoms. The summed E-state index contributed by atoms with van der Waals surface area (Å²) in [5.74, 6) is 0. The third kappa shape index (κ3) is 46.6. The minimum Gasteiger partial charge on any atom is -0.107 e. The Morgan fingerprint density at radius 3 is 0.404 bits per heavy atom. The van der Waals surface area contributed by atoms with Crippen molar-refractivity contribution in [3.63, 3.8) is 0 Å². The van der Waals surface area contributed by atoms with Crippen molar-refractivity contribution in [3.8, 4) is 0 Å². The summed E-state index contributed by atoms with van der Waals surface area (Å²) in [7, 11) is 0.314. The van der Waals surface area contributed by atoms with Crippen molar-refractivity contribution in [2.24, 2.45) is 0 Å². The van der Waals surface area contributed by atoms with E-state index in [1.165, 1.54) is 270 Å². The molecule has 0 aromatic carbocycles. The Balaban J connectivity index is 3.94. The molecule has 52 heavy (non-hydrogen) atoms. The molecule has 0 fully saturated rings. The Kier molecular flexibility index (Phi) is 49.9. The van der Waals surface area contributed by atoms with Crippen LogP contribution in [0.5, 0.6) is 0 Å². The van der Waals surface area contributed by atoms with Crippen LogP contribution in [0, 0.1) is 0 Å². The Labute approximate surface area is 334 Å². The van der Waals surface area contributed by atoms with Gasteiger partial charge in [0, 0.05) is 0 Å². The SMILES string of the molecule is CCCCCCCCCCCCCCCCCP(CCCCCCCCCCCCCCCCC)CCCCCCCCCCCCCCCCC. The lowest BCUT2D eigenvalue weighted by atomic mass is 10.0. The van der Waals surface area contributed by atoms with Crippen LogP contribution in [0.3, 0.4) is 0 Å². The molecule has 0 spiro atoms. The zero-order valence-electron chi connectivity index (χ0n) is 37.4. The van der Waals surface area contributed by atoms with E-state index in [1.54, 1.807) is 37.7 Å². The van der Waals surface area contributed by atoms with Gasteiger partial charge >= 0.3 is 0 Å². The summed E-state index contributed by atoms with van der Waals surface area (Å²) in [4.78, 5) is 0. The van der Waals surface area contributed by atoms with E-state index < -0.39 is 0 Å². The highest BCUT2D eigenvalue weighted by molar-refractivity contribution is 7.57. The molecule has 0 heterocycles. The van der Waals surface area contributed by atoms with Crippen LogP contribution in [-0.2, 0) is 0 Å². The maximum absolute atomic E-state index is 2.32. The summed E-state index contributed by atoms with van der Waals surface area (Å²) in [6, 6.07) is 0. The predicted octanol–water partition coefficient (Wildman–Crippen LogP) is 20.1. The molecular weight excluding hydrogens is 644 g/mol. The molecule has 0 rings (SSSR count). The van der Waals surface area contributed by atoms with E-state index in [4.69, 9.17) is 0 Å². The first-order valence-corrected chi connectivity index (χ1v) is 27.5. The first-order chi connectivity index (χ1) is 25.8. The third-order valence-electron chi connectivity index (χ3n) is 12.2. The summed E-state index contributed by atoms with van der Waals surface area (Å²) in [6.07, 6.45) is 71.8. The monoisotopic (exact) mass is 749 g/mol. The normalized spacial score (nSPS) is 11.8. The van der Waals surface area contributed by atoms with Crippen molar-refractivity contribution < 1.29 is 0 Å². The van der Waals surface area contributed by atoms with Gasteiger partial charge < -0.3 is 0 Å². The van der Waals surface area contributed by atoms with Crippen LogP contribution in [0.1, 0.15) is 310 Å². The van der Waals surface area contributed by atoms with E-state index in [2.05, 4.69) is 20.8 Å². The molecule has 0 nitrogen and oxygen atoms in total. The molecule has 0 saturated carbocycles. The Morgan fingerprint density at radius 2 is 0.269 bits per heavy atom. The molecule has 0 amide bonds. The van der Waals surface area contributed by atoms with Gasteiger partial charge in [-0.15, -0.1) is 7.92 Å². The molecule has 0 radical (unpaired) electrons. The van der Waals surface area contributed by atoms with Crippen molar-refractivity contribution in [2.75, 3.05) is 18.5 Å². The van der Waals surface area contributed by atoms with E-state index in [-0.39, 0.29) is 0 Å². The first-order valence-electron chi connectivity index (χ1n) is 25.6. The van der Waals surface area contributed by atoms with E-state index >= 15 is 0 Å². The van der Waals surface area contributed by atoms with Crippen LogP contribution >= 0.6 is 7.92 Å². The minimum absolute atomic E-state index is 0.314. The van der Waals surface area contributed by atoms with Crippen LogP contribution in [0.2, 0.25) is 0 Å². The van der Waals surface area contributed by atoms with Crippen molar-refractivity contribution in [3.05, 3.63) is 0 Å². The van der Waals surface area contributed by atoms with E-state index in [1.807, 2.05) is 0 Å². The summed E-state index contributed by atoms with van der Waals surface area (Å²) < 4.78 is 0. The average molecular weight is 749 g/mol. The highest BCUT2D eigenvalue weighted by Crippen LogP contribution is 2.39. The van der Waals surface area contributed by atoms with Crippen LogP contribution in [0.4, 0.5) is 0 Å². The molecule has 0 N–H and O–H groups in total. The summed E-state index contributed by atoms with van der Waals surface area (Å²) in [5, 5.41) is 0. The van der Waals surface area contributed by atoms with Gasteiger partial charge in [-0.25, -0.2) is 0 Å². The summed E-state index contributed by atoms with van der Waals surface area (Å²) in [6.45, 7) is 6.97. The van der Waals surface area contributed by atoms with Gasteiger partial charge in [0.05, 0.1) is 0 Å². The smallest absolute Gasteiger partial charge is 0.0326 e. The quantitative estimate of drug-likeness (QED) is 0.0429. The predicted molar refractivity (Wildman–Crippen MR) is 246 cm³/mol. The van der Waals surface area contributed by atoms with Gasteiger partial charge in [0.1, 0.15) is 0 Å². The topological polar surface area (TPSA) is 0 Å². The van der Waals surface area contributed by atoms with Gasteiger partial charge in [0.2, 0.25) is 0 Å². The van der Waals surface area contributed by atoms with Gasteiger partial charge in [0.25, 0.3) is 0 Å². The van der Waals surface area contributed by atoms with Crippen LogP contribution in [0.15, 0.2) is 0 Å². The Bertz CT molecular complexity index is 505. The maximum atomic E-state index is 2.32. The highest BCUT2D eigenvalue weighted by atomic mass is 31.1. The average Bonchev–Trinajstić information content (AvgIpc) is 3.15. The lowest BCUT2D eigenvalue weighted by Gasteiger charge is -2.18. The van der Waals surface area contributed by atoms with Crippen molar-refractivity contribution in [2.45, 2.75) is 310 Å². The summed E-state index contributed by atoms with van der Waals surface area (Å²) >= 11 is 0. The number of hydrogen-bond acceptors (Lipinski definition) is 0. The molecule has 0 atom stereocenters. The van der Waals surface area contributed by atoms with Gasteiger partial charge in [-0.1, -0.05) is 290 Å². The number of hydrogen-bond donors (Lipinski definition) is 0. The fraction of sp³-hybridized carbons (Fsp3) is 1.00. The highest BCUT2D eigenvalue weighted by Gasteiger charge is 2.08. The van der Waals surface area contributed by atoms with Crippen LogP contribution in [-0.4, -0.2) is 18.5 Å². The van der Waals surface area contributed by atoms with Crippen molar-refractivity contribution >= 4 is 7.92 Å². The van der Waals surface area contributed by atoms with Crippen molar-refractivity contribution in [1.29, 1.82) is 0 Å². The van der Waals surface area contributed by atoms with Crippen molar-refractivity contribution in [1.82, 2.24) is 0 Å². The second-order valence-electron chi connectivity index (χ2n) is 17.7. The second kappa shape index (κ2) is 49.4. The standard InChI is InChI=1S/C51H105P/c1-4-7-10-13-16-19-22-25-28-31-34-37-40-43-46-49-52(50-47-44-41-38-35-32-29-26-23-20-17-14-11-8-5-2)51-48-45-42-39-36-33-30-27-24-21-18-15-12-9-6-3/h4-51H2,1-3H3. The fourth-order valence-electron chi connectivity index (χ4n) is 8.46. The molecule has 0 bridgehead atoms. The number of rotatable bonds is 48. The van der Waals surface area contributed by atoms with Gasteiger partial charge in [-0.05, 0) is 37.7 Å². The first kappa shape index (κ1) is 52.4. The van der Waals surface area contributed by atoms with Gasteiger partial charge in [-0.3, -0.25) is 0 Å². The van der Waals surface area contributed by atoms with E-state index in [0.29, 0.717) is 7.92 Å². The minimum atomic E-state index is 0.314.